The Kier molecular flexibility index (Phi) is 6.06. The van der Waals surface area contributed by atoms with Crippen molar-refractivity contribution in [2.45, 2.75) is 12.8 Å². The van der Waals surface area contributed by atoms with E-state index in [-0.39, 0.29) is 18.3 Å². The quantitative estimate of drug-likeness (QED) is 0.650. The highest BCUT2D eigenvalue weighted by atomic mass is 35.5. The molecule has 5 heteroatoms. The summed E-state index contributed by atoms with van der Waals surface area (Å²) < 4.78 is 0. The van der Waals surface area contributed by atoms with Gasteiger partial charge in [0.25, 0.3) is 0 Å². The Morgan fingerprint density at radius 3 is 2.92 bits per heavy atom. The number of carbonyl (C=O) groups excluding carboxylic acids is 1. The molecule has 0 atom stereocenters. The summed E-state index contributed by atoms with van der Waals surface area (Å²) in [5, 5.41) is 4.65. The maximum atomic E-state index is 11.2. The number of hydrogen-bond donors (Lipinski definition) is 2. The van der Waals surface area contributed by atoms with Crippen molar-refractivity contribution in [3.05, 3.63) is 0 Å². The van der Waals surface area contributed by atoms with Crippen molar-refractivity contribution in [3.8, 4) is 0 Å². The fraction of sp³-hybridized carbons (Fsp3) is 0.857. The Labute approximate surface area is 79.1 Å². The first kappa shape index (κ1) is 11.7. The Morgan fingerprint density at radius 2 is 2.42 bits per heavy atom. The molecule has 1 rings (SSSR count). The van der Waals surface area contributed by atoms with Gasteiger partial charge in [-0.25, -0.2) is 5.43 Å². The molecular formula is C7H16ClN3O. The molecule has 0 aliphatic carbocycles. The van der Waals surface area contributed by atoms with Gasteiger partial charge in [0, 0.05) is 26.1 Å². The molecule has 1 amide bonds. The van der Waals surface area contributed by atoms with Crippen LogP contribution in [0.2, 0.25) is 0 Å². The van der Waals surface area contributed by atoms with Crippen LogP contribution in [0.5, 0.6) is 0 Å². The van der Waals surface area contributed by atoms with Crippen molar-refractivity contribution in [2.75, 3.05) is 26.7 Å². The van der Waals surface area contributed by atoms with Crippen molar-refractivity contribution in [1.82, 2.24) is 15.8 Å². The summed E-state index contributed by atoms with van der Waals surface area (Å²) in [5.41, 5.74) is 3.02. The van der Waals surface area contributed by atoms with Gasteiger partial charge in [0.05, 0.1) is 0 Å². The maximum Gasteiger partial charge on any atom is 0.237 e. The molecule has 72 valence electrons. The zero-order chi connectivity index (χ0) is 8.10. The molecule has 2 N–H and O–H groups in total. The van der Waals surface area contributed by atoms with Gasteiger partial charge >= 0.3 is 0 Å². The maximum absolute atomic E-state index is 11.2. The molecule has 1 fully saturated rings. The van der Waals surface area contributed by atoms with E-state index < -0.39 is 0 Å². The van der Waals surface area contributed by atoms with Crippen LogP contribution in [0.1, 0.15) is 12.8 Å². The topological polar surface area (TPSA) is 44.4 Å². The fourth-order valence-corrected chi connectivity index (χ4v) is 1.11. The average molecular weight is 194 g/mol. The standard InChI is InChI=1S/C7H15N3O.ClH/c1-8-5-3-7(11)10-6-2-4-9-10;/h8-9H,2-6H2,1H3;1H. The van der Waals surface area contributed by atoms with Gasteiger partial charge in [0.2, 0.25) is 5.91 Å². The summed E-state index contributed by atoms with van der Waals surface area (Å²) in [6, 6.07) is 0. The zero-order valence-electron chi connectivity index (χ0n) is 7.30. The van der Waals surface area contributed by atoms with Crippen LogP contribution in [0, 0.1) is 0 Å². The number of nitrogens with zero attached hydrogens (tertiary/aromatic N) is 1. The van der Waals surface area contributed by atoms with E-state index in [2.05, 4.69) is 10.7 Å². The molecule has 1 aliphatic rings. The molecule has 0 radical (unpaired) electrons. The molecule has 0 aromatic carbocycles. The zero-order valence-corrected chi connectivity index (χ0v) is 8.12. The minimum atomic E-state index is 0. The summed E-state index contributed by atoms with van der Waals surface area (Å²) in [6.07, 6.45) is 1.66. The lowest BCUT2D eigenvalue weighted by atomic mass is 10.4. The molecule has 0 bridgehead atoms. The van der Waals surface area contributed by atoms with Gasteiger partial charge in [-0.15, -0.1) is 12.4 Å². The molecule has 0 saturated carbocycles. The molecule has 0 aromatic rings. The summed E-state index contributed by atoms with van der Waals surface area (Å²) in [6.45, 7) is 2.56. The first-order chi connectivity index (χ1) is 5.34. The van der Waals surface area contributed by atoms with E-state index >= 15 is 0 Å². The minimum absolute atomic E-state index is 0. The molecule has 0 unspecified atom stereocenters. The Hall–Kier alpha value is -0.320. The molecule has 0 aromatic heterocycles. The lowest BCUT2D eigenvalue weighted by Crippen LogP contribution is -2.37. The third-order valence-corrected chi connectivity index (χ3v) is 1.75. The van der Waals surface area contributed by atoms with Gasteiger partial charge in [-0.2, -0.15) is 0 Å². The van der Waals surface area contributed by atoms with Crippen LogP contribution in [-0.2, 0) is 4.79 Å². The Morgan fingerprint density at radius 1 is 1.67 bits per heavy atom. The van der Waals surface area contributed by atoms with Gasteiger partial charge in [0.15, 0.2) is 0 Å². The predicted octanol–water partition coefficient (Wildman–Crippen LogP) is -0.245. The predicted molar refractivity (Wildman–Crippen MR) is 50.1 cm³/mol. The molecular weight excluding hydrogens is 178 g/mol. The number of carbonyl (C=O) groups is 1. The Bertz CT molecular complexity index is 137. The van der Waals surface area contributed by atoms with Crippen molar-refractivity contribution >= 4 is 18.3 Å². The molecule has 1 aliphatic heterocycles. The second-order valence-corrected chi connectivity index (χ2v) is 2.66. The number of hydrazine groups is 1. The van der Waals surface area contributed by atoms with E-state index in [1.54, 1.807) is 5.01 Å². The molecule has 12 heavy (non-hydrogen) atoms. The van der Waals surface area contributed by atoms with Gasteiger partial charge in [0.1, 0.15) is 0 Å². The third kappa shape index (κ3) is 3.38. The van der Waals surface area contributed by atoms with E-state index in [4.69, 9.17) is 0 Å². The molecule has 0 spiro atoms. The summed E-state index contributed by atoms with van der Waals surface area (Å²) >= 11 is 0. The van der Waals surface area contributed by atoms with Gasteiger partial charge in [-0.1, -0.05) is 0 Å². The number of amides is 1. The number of hydrogen-bond acceptors (Lipinski definition) is 3. The Balaban J connectivity index is 0.00000121. The smallest absolute Gasteiger partial charge is 0.237 e. The van der Waals surface area contributed by atoms with Crippen molar-refractivity contribution in [1.29, 1.82) is 0 Å². The van der Waals surface area contributed by atoms with E-state index in [1.807, 2.05) is 7.05 Å². The third-order valence-electron chi connectivity index (χ3n) is 1.75. The van der Waals surface area contributed by atoms with E-state index in [0.29, 0.717) is 6.42 Å². The largest absolute Gasteiger partial charge is 0.319 e. The number of nitrogens with one attached hydrogen (secondary N) is 2. The minimum Gasteiger partial charge on any atom is -0.319 e. The second kappa shape index (κ2) is 6.22. The van der Waals surface area contributed by atoms with E-state index in [0.717, 1.165) is 26.1 Å². The lowest BCUT2D eigenvalue weighted by molar-refractivity contribution is -0.132. The first-order valence-electron chi connectivity index (χ1n) is 4.03. The summed E-state index contributed by atoms with van der Waals surface area (Å²) in [5.74, 6) is 0.192. The molecule has 1 heterocycles. The van der Waals surface area contributed by atoms with E-state index in [1.165, 1.54) is 0 Å². The highest BCUT2D eigenvalue weighted by molar-refractivity contribution is 5.85. The van der Waals surface area contributed by atoms with Crippen molar-refractivity contribution in [2.24, 2.45) is 0 Å². The summed E-state index contributed by atoms with van der Waals surface area (Å²) in [4.78, 5) is 11.2. The first-order valence-corrected chi connectivity index (χ1v) is 4.03. The lowest BCUT2D eigenvalue weighted by Gasteiger charge is -2.14. The van der Waals surface area contributed by atoms with Gasteiger partial charge in [-0.05, 0) is 13.5 Å². The monoisotopic (exact) mass is 193 g/mol. The van der Waals surface area contributed by atoms with Crippen LogP contribution in [0.25, 0.3) is 0 Å². The van der Waals surface area contributed by atoms with Gasteiger partial charge in [-0.3, -0.25) is 9.80 Å². The fourth-order valence-electron chi connectivity index (χ4n) is 1.11. The van der Waals surface area contributed by atoms with Crippen molar-refractivity contribution < 1.29 is 4.79 Å². The molecule has 1 saturated heterocycles. The normalized spacial score (nSPS) is 15.9. The highest BCUT2D eigenvalue weighted by Gasteiger charge is 2.15. The van der Waals surface area contributed by atoms with Crippen LogP contribution < -0.4 is 10.7 Å². The van der Waals surface area contributed by atoms with Crippen LogP contribution in [0.3, 0.4) is 0 Å². The average Bonchev–Trinajstić information content (AvgIpc) is 2.52. The summed E-state index contributed by atoms with van der Waals surface area (Å²) in [7, 11) is 1.85. The van der Waals surface area contributed by atoms with E-state index in [9.17, 15) is 4.79 Å². The second-order valence-electron chi connectivity index (χ2n) is 2.66. The van der Waals surface area contributed by atoms with Crippen LogP contribution >= 0.6 is 12.4 Å². The molecule has 4 nitrogen and oxygen atoms in total. The van der Waals surface area contributed by atoms with Gasteiger partial charge < -0.3 is 5.32 Å². The highest BCUT2D eigenvalue weighted by Crippen LogP contribution is 1.98. The van der Waals surface area contributed by atoms with Crippen LogP contribution in [0.15, 0.2) is 0 Å². The number of halogens is 1. The number of rotatable bonds is 3. The van der Waals surface area contributed by atoms with Crippen LogP contribution in [-0.4, -0.2) is 37.6 Å². The van der Waals surface area contributed by atoms with Crippen molar-refractivity contribution in [3.63, 3.8) is 0 Å². The van der Waals surface area contributed by atoms with Crippen LogP contribution in [0.4, 0.5) is 0 Å². The SMILES string of the molecule is CNCCC(=O)N1CCCN1.Cl.